The summed E-state index contributed by atoms with van der Waals surface area (Å²) in [5.74, 6) is -1.35. The van der Waals surface area contributed by atoms with Gasteiger partial charge < -0.3 is 14.8 Å². The fraction of sp³-hybridized carbons (Fsp3) is 0.211. The zero-order chi connectivity index (χ0) is 22.3. The number of nitrogens with zero attached hydrogens (tertiary/aromatic N) is 1. The van der Waals surface area contributed by atoms with E-state index in [4.69, 9.17) is 21.1 Å². The highest BCUT2D eigenvalue weighted by Gasteiger charge is 2.21. The monoisotopic (exact) mass is 435 g/mol. The van der Waals surface area contributed by atoms with Crippen molar-refractivity contribution in [3.05, 3.63) is 63.2 Å². The van der Waals surface area contributed by atoms with Crippen LogP contribution in [0.25, 0.3) is 0 Å². The molecule has 11 heteroatoms. The molecule has 10 nitrogen and oxygen atoms in total. The molecule has 0 radical (unpaired) electrons. The summed E-state index contributed by atoms with van der Waals surface area (Å²) in [5.41, 5.74) is -0.191. The molecule has 0 aromatic heterocycles. The van der Waals surface area contributed by atoms with Crippen LogP contribution in [0.5, 0.6) is 11.5 Å². The molecule has 3 amide bonds. The Kier molecular flexibility index (Phi) is 7.70. The van der Waals surface area contributed by atoms with E-state index in [2.05, 4.69) is 5.32 Å². The summed E-state index contributed by atoms with van der Waals surface area (Å²) in [7, 11) is 0. The van der Waals surface area contributed by atoms with Crippen molar-refractivity contribution in [1.29, 1.82) is 0 Å². The summed E-state index contributed by atoms with van der Waals surface area (Å²) in [6.45, 7) is 3.34. The van der Waals surface area contributed by atoms with Crippen molar-refractivity contribution < 1.29 is 28.8 Å². The van der Waals surface area contributed by atoms with Crippen molar-refractivity contribution in [3.63, 3.8) is 0 Å². The number of hydrogen-bond acceptors (Lipinski definition) is 7. The van der Waals surface area contributed by atoms with Crippen LogP contribution in [0.2, 0.25) is 5.02 Å². The largest absolute Gasteiger partial charge is 0.450 e. The number of halogens is 1. The molecule has 0 unspecified atom stereocenters. The molecule has 0 aliphatic carbocycles. The minimum absolute atomic E-state index is 0.0182. The molecular weight excluding hydrogens is 418 g/mol. The maximum atomic E-state index is 12.2. The van der Waals surface area contributed by atoms with Crippen LogP contribution in [0, 0.1) is 10.1 Å². The summed E-state index contributed by atoms with van der Waals surface area (Å²) in [4.78, 5) is 45.8. The number of benzene rings is 2. The Labute approximate surface area is 176 Å². The Balaban J connectivity index is 2.02. The van der Waals surface area contributed by atoms with Crippen LogP contribution in [0.4, 0.5) is 10.5 Å². The second kappa shape index (κ2) is 10.2. The molecule has 1 atom stereocenters. The second-order valence-electron chi connectivity index (χ2n) is 5.89. The quantitative estimate of drug-likeness (QED) is 0.386. The van der Waals surface area contributed by atoms with Gasteiger partial charge in [-0.05, 0) is 50.2 Å². The number of esters is 1. The van der Waals surface area contributed by atoms with E-state index in [0.29, 0.717) is 6.54 Å². The number of carbonyl (C=O) groups is 3. The standard InChI is InChI=1S/C19H18ClN3O7/c1-3-21-19(26)22-17(24)11(2)29-18(25)12-4-7-14(8-5-12)30-16-9-6-13(20)10-15(16)23(27)28/h4-11H,3H2,1-2H3,(H2,21,22,24,26)/t11-/m1/s1. The van der Waals surface area contributed by atoms with Crippen LogP contribution >= 0.6 is 11.6 Å². The van der Waals surface area contributed by atoms with Crippen molar-refractivity contribution in [2.24, 2.45) is 0 Å². The van der Waals surface area contributed by atoms with Gasteiger partial charge in [-0.25, -0.2) is 9.59 Å². The number of rotatable bonds is 7. The van der Waals surface area contributed by atoms with Gasteiger partial charge in [0.15, 0.2) is 6.10 Å². The highest BCUT2D eigenvalue weighted by atomic mass is 35.5. The summed E-state index contributed by atoms with van der Waals surface area (Å²) >= 11 is 5.76. The summed E-state index contributed by atoms with van der Waals surface area (Å²) in [6, 6.07) is 8.84. The number of carbonyl (C=O) groups excluding carboxylic acids is 3. The molecular formula is C19H18ClN3O7. The van der Waals surface area contributed by atoms with Crippen LogP contribution in [-0.4, -0.2) is 35.5 Å². The maximum Gasteiger partial charge on any atom is 0.338 e. The zero-order valence-electron chi connectivity index (χ0n) is 16.0. The number of nitrogens with one attached hydrogen (secondary N) is 2. The number of amides is 3. The van der Waals surface area contributed by atoms with Crippen LogP contribution < -0.4 is 15.4 Å². The van der Waals surface area contributed by atoms with Gasteiger partial charge >= 0.3 is 17.7 Å². The van der Waals surface area contributed by atoms with Crippen molar-refractivity contribution in [3.8, 4) is 11.5 Å². The van der Waals surface area contributed by atoms with E-state index in [1.165, 1.54) is 43.3 Å². The third-order valence-corrected chi connectivity index (χ3v) is 3.90. The number of urea groups is 1. The lowest BCUT2D eigenvalue weighted by Gasteiger charge is -2.13. The van der Waals surface area contributed by atoms with E-state index in [1.54, 1.807) is 6.92 Å². The van der Waals surface area contributed by atoms with Crippen LogP contribution in [0.15, 0.2) is 42.5 Å². The highest BCUT2D eigenvalue weighted by Crippen LogP contribution is 2.33. The van der Waals surface area contributed by atoms with Crippen molar-refractivity contribution in [1.82, 2.24) is 10.6 Å². The zero-order valence-corrected chi connectivity index (χ0v) is 16.8. The van der Waals surface area contributed by atoms with E-state index in [0.717, 1.165) is 6.07 Å². The van der Waals surface area contributed by atoms with E-state index in [1.807, 2.05) is 5.32 Å². The number of hydrogen-bond donors (Lipinski definition) is 2. The van der Waals surface area contributed by atoms with Crippen LogP contribution in [0.3, 0.4) is 0 Å². The number of ether oxygens (including phenoxy) is 2. The fourth-order valence-corrected chi connectivity index (χ4v) is 2.37. The first-order chi connectivity index (χ1) is 14.2. The SMILES string of the molecule is CCNC(=O)NC(=O)[C@@H](C)OC(=O)c1ccc(Oc2ccc(Cl)cc2[N+](=O)[O-])cc1. The van der Waals surface area contributed by atoms with Gasteiger partial charge in [0.1, 0.15) is 5.75 Å². The smallest absolute Gasteiger partial charge is 0.338 e. The molecule has 0 spiro atoms. The lowest BCUT2D eigenvalue weighted by Crippen LogP contribution is -2.44. The molecule has 0 bridgehead atoms. The summed E-state index contributed by atoms with van der Waals surface area (Å²) in [5, 5.41) is 15.7. The third kappa shape index (κ3) is 6.17. The van der Waals surface area contributed by atoms with Gasteiger partial charge in [-0.3, -0.25) is 20.2 Å². The molecule has 2 N–H and O–H groups in total. The van der Waals surface area contributed by atoms with Gasteiger partial charge in [-0.1, -0.05) is 11.6 Å². The van der Waals surface area contributed by atoms with Gasteiger partial charge in [0, 0.05) is 17.6 Å². The molecule has 30 heavy (non-hydrogen) atoms. The second-order valence-corrected chi connectivity index (χ2v) is 6.33. The summed E-state index contributed by atoms with van der Waals surface area (Å²) < 4.78 is 10.5. The van der Waals surface area contributed by atoms with Crippen molar-refractivity contribution >= 4 is 35.2 Å². The van der Waals surface area contributed by atoms with Crippen LogP contribution in [-0.2, 0) is 9.53 Å². The average Bonchev–Trinajstić information content (AvgIpc) is 2.69. The van der Waals surface area contributed by atoms with Gasteiger partial charge in [0.05, 0.1) is 10.5 Å². The fourth-order valence-electron chi connectivity index (χ4n) is 2.21. The molecule has 0 saturated carbocycles. The maximum absolute atomic E-state index is 12.2. The first-order valence-electron chi connectivity index (χ1n) is 8.72. The third-order valence-electron chi connectivity index (χ3n) is 3.66. The van der Waals surface area contributed by atoms with E-state index in [-0.39, 0.29) is 27.8 Å². The van der Waals surface area contributed by atoms with Crippen molar-refractivity contribution in [2.45, 2.75) is 20.0 Å². The van der Waals surface area contributed by atoms with Gasteiger partial charge in [-0.2, -0.15) is 0 Å². The van der Waals surface area contributed by atoms with Crippen LogP contribution in [0.1, 0.15) is 24.2 Å². The Bertz CT molecular complexity index is 963. The first kappa shape index (κ1) is 22.6. The van der Waals surface area contributed by atoms with Crippen molar-refractivity contribution in [2.75, 3.05) is 6.54 Å². The number of nitro groups is 1. The minimum atomic E-state index is -1.20. The minimum Gasteiger partial charge on any atom is -0.450 e. The Morgan fingerprint density at radius 2 is 1.83 bits per heavy atom. The Morgan fingerprint density at radius 3 is 2.43 bits per heavy atom. The van der Waals surface area contributed by atoms with Gasteiger partial charge in [0.2, 0.25) is 5.75 Å². The average molecular weight is 436 g/mol. The number of imide groups is 1. The molecule has 0 aliphatic rings. The summed E-state index contributed by atoms with van der Waals surface area (Å²) in [6.07, 6.45) is -1.20. The van der Waals surface area contributed by atoms with E-state index in [9.17, 15) is 24.5 Å². The predicted octanol–water partition coefficient (Wildman–Crippen LogP) is 3.43. The normalized spacial score (nSPS) is 11.2. The topological polar surface area (TPSA) is 137 Å². The molecule has 158 valence electrons. The first-order valence-corrected chi connectivity index (χ1v) is 9.10. The Morgan fingerprint density at radius 1 is 1.17 bits per heavy atom. The Hall–Kier alpha value is -3.66. The molecule has 0 fully saturated rings. The van der Waals surface area contributed by atoms with Gasteiger partial charge in [0.25, 0.3) is 5.91 Å². The molecule has 0 saturated heterocycles. The van der Waals surface area contributed by atoms with Gasteiger partial charge in [-0.15, -0.1) is 0 Å². The van der Waals surface area contributed by atoms with E-state index >= 15 is 0 Å². The molecule has 2 aromatic rings. The number of nitro benzene ring substituents is 1. The highest BCUT2D eigenvalue weighted by molar-refractivity contribution is 6.30. The lowest BCUT2D eigenvalue weighted by molar-refractivity contribution is -0.385. The van der Waals surface area contributed by atoms with E-state index < -0.39 is 28.9 Å². The molecule has 2 aromatic carbocycles. The molecule has 0 heterocycles. The molecule has 0 aliphatic heterocycles. The lowest BCUT2D eigenvalue weighted by atomic mass is 10.2. The predicted molar refractivity (Wildman–Crippen MR) is 107 cm³/mol. The molecule has 2 rings (SSSR count).